The Kier molecular flexibility index (Phi) is 3.93. The van der Waals surface area contributed by atoms with Gasteiger partial charge in [0.25, 0.3) is 5.78 Å². The number of aromatic hydroxyl groups is 1. The zero-order chi connectivity index (χ0) is 13.9. The molecule has 0 saturated heterocycles. The molecule has 7 nitrogen and oxygen atoms in total. The maximum Gasteiger partial charge on any atom is 0.379 e. The van der Waals surface area contributed by atoms with Gasteiger partial charge in [-0.3, -0.25) is 14.9 Å². The minimum Gasteiger partial charge on any atom is -0.507 e. The van der Waals surface area contributed by atoms with Gasteiger partial charge in [-0.1, -0.05) is 0 Å². The van der Waals surface area contributed by atoms with E-state index >= 15 is 0 Å². The van der Waals surface area contributed by atoms with E-state index in [4.69, 9.17) is 0 Å². The van der Waals surface area contributed by atoms with Crippen molar-refractivity contribution in [1.29, 1.82) is 0 Å². The fraction of sp³-hybridized carbons (Fsp3) is 0.200. The predicted molar refractivity (Wildman–Crippen MR) is 55.7 cm³/mol. The molecule has 0 heterocycles. The number of ether oxygens (including phenoxy) is 1. The lowest BCUT2D eigenvalue weighted by Crippen LogP contribution is -2.18. The van der Waals surface area contributed by atoms with Crippen LogP contribution in [-0.4, -0.2) is 28.4 Å². The fourth-order valence-electron chi connectivity index (χ4n) is 1.18. The molecule has 0 radical (unpaired) electrons. The molecule has 0 aliphatic heterocycles. The van der Waals surface area contributed by atoms with Crippen LogP contribution in [0.15, 0.2) is 12.1 Å². The molecule has 96 valence electrons. The van der Waals surface area contributed by atoms with Crippen LogP contribution in [0, 0.1) is 15.9 Å². The molecular weight excluding hydrogens is 249 g/mol. The zero-order valence-corrected chi connectivity index (χ0v) is 9.18. The number of nitro groups is 1. The average Bonchev–Trinajstić information content (AvgIpc) is 2.28. The predicted octanol–water partition coefficient (Wildman–Crippen LogP) is 1.19. The lowest BCUT2D eigenvalue weighted by molar-refractivity contribution is -0.387. The van der Waals surface area contributed by atoms with Crippen molar-refractivity contribution in [3.8, 4) is 5.75 Å². The van der Waals surface area contributed by atoms with Crippen molar-refractivity contribution in [2.45, 2.75) is 6.92 Å². The van der Waals surface area contributed by atoms with E-state index in [2.05, 4.69) is 4.74 Å². The molecule has 0 aliphatic rings. The monoisotopic (exact) mass is 257 g/mol. The van der Waals surface area contributed by atoms with Crippen LogP contribution < -0.4 is 0 Å². The van der Waals surface area contributed by atoms with Gasteiger partial charge in [0.1, 0.15) is 5.75 Å². The van der Waals surface area contributed by atoms with Crippen molar-refractivity contribution >= 4 is 17.4 Å². The highest BCUT2D eigenvalue weighted by Gasteiger charge is 2.26. The van der Waals surface area contributed by atoms with E-state index in [0.29, 0.717) is 12.1 Å². The Morgan fingerprint density at radius 2 is 2.11 bits per heavy atom. The Balaban J connectivity index is 3.24. The molecule has 0 aromatic heterocycles. The first-order valence-electron chi connectivity index (χ1n) is 4.76. The quantitative estimate of drug-likeness (QED) is 0.285. The molecule has 0 unspecified atom stereocenters. The van der Waals surface area contributed by atoms with Crippen molar-refractivity contribution in [2.24, 2.45) is 0 Å². The molecule has 1 aromatic rings. The lowest BCUT2D eigenvalue weighted by Gasteiger charge is -2.04. The number of hydrogen-bond acceptors (Lipinski definition) is 6. The molecule has 0 amide bonds. The van der Waals surface area contributed by atoms with Crippen molar-refractivity contribution in [3.63, 3.8) is 0 Å². The highest BCUT2D eigenvalue weighted by Crippen LogP contribution is 2.27. The summed E-state index contributed by atoms with van der Waals surface area (Å²) in [6, 6.07) is 0.883. The van der Waals surface area contributed by atoms with Gasteiger partial charge in [-0.2, -0.15) is 4.39 Å². The second-order valence-corrected chi connectivity index (χ2v) is 3.13. The summed E-state index contributed by atoms with van der Waals surface area (Å²) < 4.78 is 17.4. The van der Waals surface area contributed by atoms with Gasteiger partial charge in [-0.25, -0.2) is 4.79 Å². The lowest BCUT2D eigenvalue weighted by atomic mass is 10.1. The third-order valence-corrected chi connectivity index (χ3v) is 1.97. The van der Waals surface area contributed by atoms with Crippen molar-refractivity contribution in [1.82, 2.24) is 0 Å². The highest BCUT2D eigenvalue weighted by atomic mass is 19.1. The van der Waals surface area contributed by atoms with Gasteiger partial charge in [0, 0.05) is 12.1 Å². The molecule has 8 heteroatoms. The number of Topliss-reactive ketones (excluding diaryl/α,β-unsaturated/α-hetero) is 1. The Hall–Kier alpha value is -2.51. The zero-order valence-electron chi connectivity index (χ0n) is 9.18. The summed E-state index contributed by atoms with van der Waals surface area (Å²) in [6.45, 7) is 1.38. The van der Waals surface area contributed by atoms with Crippen molar-refractivity contribution in [2.75, 3.05) is 6.61 Å². The van der Waals surface area contributed by atoms with Crippen LogP contribution in [-0.2, 0) is 9.53 Å². The van der Waals surface area contributed by atoms with Gasteiger partial charge in [-0.15, -0.1) is 0 Å². The molecule has 18 heavy (non-hydrogen) atoms. The number of carbonyl (C=O) groups is 2. The van der Waals surface area contributed by atoms with Crippen LogP contribution in [0.4, 0.5) is 10.1 Å². The van der Waals surface area contributed by atoms with Gasteiger partial charge in [0.15, 0.2) is 0 Å². The normalized spacial score (nSPS) is 9.89. The maximum absolute atomic E-state index is 13.1. The molecule has 0 fully saturated rings. The summed E-state index contributed by atoms with van der Waals surface area (Å²) in [6.07, 6.45) is 0. The Labute approximate surface area is 99.9 Å². The third-order valence-electron chi connectivity index (χ3n) is 1.97. The molecule has 0 saturated carbocycles. The SMILES string of the molecule is CCOC(=O)C(=O)c1cc([N+](=O)[O-])c(F)cc1O. The molecule has 0 spiro atoms. The van der Waals surface area contributed by atoms with Crippen molar-refractivity contribution < 1.29 is 28.7 Å². The van der Waals surface area contributed by atoms with Gasteiger partial charge in [0.2, 0.25) is 5.82 Å². The number of halogens is 1. The summed E-state index contributed by atoms with van der Waals surface area (Å²) in [5, 5.41) is 19.8. The van der Waals surface area contributed by atoms with Crippen LogP contribution in [0.2, 0.25) is 0 Å². The fourth-order valence-corrected chi connectivity index (χ4v) is 1.18. The first-order valence-corrected chi connectivity index (χ1v) is 4.76. The summed E-state index contributed by atoms with van der Waals surface area (Å²) in [5.74, 6) is -4.74. The van der Waals surface area contributed by atoms with Gasteiger partial charge >= 0.3 is 11.7 Å². The molecule has 0 bridgehead atoms. The first-order chi connectivity index (χ1) is 8.38. The summed E-state index contributed by atoms with van der Waals surface area (Å²) >= 11 is 0. The number of rotatable bonds is 4. The number of carbonyl (C=O) groups excluding carboxylic acids is 2. The molecule has 1 rings (SSSR count). The molecule has 0 atom stereocenters. The van der Waals surface area contributed by atoms with E-state index in [9.17, 15) is 29.2 Å². The third kappa shape index (κ3) is 2.59. The summed E-state index contributed by atoms with van der Waals surface area (Å²) in [4.78, 5) is 32.0. The topological polar surface area (TPSA) is 107 Å². The number of hydrogen-bond donors (Lipinski definition) is 1. The number of nitrogens with zero attached hydrogens (tertiary/aromatic N) is 1. The average molecular weight is 257 g/mol. The van der Waals surface area contributed by atoms with Crippen LogP contribution in [0.5, 0.6) is 5.75 Å². The Morgan fingerprint density at radius 3 is 2.61 bits per heavy atom. The Bertz CT molecular complexity index is 527. The molecule has 0 aliphatic carbocycles. The van der Waals surface area contributed by atoms with Crippen LogP contribution in [0.1, 0.15) is 17.3 Å². The number of nitro benzene ring substituents is 1. The smallest absolute Gasteiger partial charge is 0.379 e. The van der Waals surface area contributed by atoms with E-state index in [1.807, 2.05) is 0 Å². The van der Waals surface area contributed by atoms with E-state index < -0.39 is 39.5 Å². The number of phenolic OH excluding ortho intramolecular Hbond substituents is 1. The van der Waals surface area contributed by atoms with Gasteiger partial charge in [-0.05, 0) is 6.92 Å². The molecule has 1 N–H and O–H groups in total. The van der Waals surface area contributed by atoms with Crippen LogP contribution >= 0.6 is 0 Å². The molecule has 1 aromatic carbocycles. The number of benzene rings is 1. The Morgan fingerprint density at radius 1 is 1.50 bits per heavy atom. The van der Waals surface area contributed by atoms with Crippen LogP contribution in [0.3, 0.4) is 0 Å². The van der Waals surface area contributed by atoms with E-state index in [1.54, 1.807) is 0 Å². The molecular formula is C10H8FNO6. The number of esters is 1. The van der Waals surface area contributed by atoms with Gasteiger partial charge < -0.3 is 9.84 Å². The minimum atomic E-state index is -1.31. The number of ketones is 1. The van der Waals surface area contributed by atoms with Gasteiger partial charge in [0.05, 0.1) is 17.1 Å². The van der Waals surface area contributed by atoms with E-state index in [1.165, 1.54) is 6.92 Å². The highest BCUT2D eigenvalue weighted by molar-refractivity contribution is 6.41. The minimum absolute atomic E-state index is 0.0748. The standard InChI is InChI=1S/C10H8FNO6/c1-2-18-10(15)9(14)5-3-7(12(16)17)6(11)4-8(5)13/h3-4,13H,2H2,1H3. The summed E-state index contributed by atoms with van der Waals surface area (Å²) in [5.41, 5.74) is -1.69. The van der Waals surface area contributed by atoms with Crippen LogP contribution in [0.25, 0.3) is 0 Å². The second-order valence-electron chi connectivity index (χ2n) is 3.13. The van der Waals surface area contributed by atoms with Crippen molar-refractivity contribution in [3.05, 3.63) is 33.6 Å². The maximum atomic E-state index is 13.1. The number of phenols is 1. The largest absolute Gasteiger partial charge is 0.507 e. The second kappa shape index (κ2) is 5.21. The van der Waals surface area contributed by atoms with E-state index in [-0.39, 0.29) is 6.61 Å². The van der Waals surface area contributed by atoms with E-state index in [0.717, 1.165) is 0 Å². The first kappa shape index (κ1) is 13.6. The summed E-state index contributed by atoms with van der Waals surface area (Å²) in [7, 11) is 0.